The molecule has 0 saturated heterocycles. The Morgan fingerprint density at radius 3 is 2.42 bits per heavy atom. The van der Waals surface area contributed by atoms with E-state index in [-0.39, 0.29) is 11.5 Å². The fourth-order valence-electron chi connectivity index (χ4n) is 2.36. The molecule has 0 bridgehead atoms. The van der Waals surface area contributed by atoms with E-state index in [1.54, 1.807) is 0 Å². The first-order valence-corrected chi connectivity index (χ1v) is 7.99. The molecule has 0 atom stereocenters. The molecule has 1 aromatic rings. The number of aromatic nitrogens is 1. The lowest BCUT2D eigenvalue weighted by atomic mass is 9.92. The lowest BCUT2D eigenvalue weighted by molar-refractivity contribution is -0.192. The van der Waals surface area contributed by atoms with E-state index in [1.165, 1.54) is 0 Å². The van der Waals surface area contributed by atoms with Crippen molar-refractivity contribution in [2.75, 3.05) is 6.54 Å². The fourth-order valence-corrected chi connectivity index (χ4v) is 3.43. The van der Waals surface area contributed by atoms with Crippen LogP contribution in [-0.2, 0) is 18.3 Å². The van der Waals surface area contributed by atoms with Crippen molar-refractivity contribution in [2.24, 2.45) is 17.8 Å². The Bertz CT molecular complexity index is 810. The number of aliphatic carboxylic acids is 1. The zero-order chi connectivity index (χ0) is 18.4. The van der Waals surface area contributed by atoms with Gasteiger partial charge in [-0.1, -0.05) is 0 Å². The molecule has 0 amide bonds. The summed E-state index contributed by atoms with van der Waals surface area (Å²) in [7, 11) is 1.86. The van der Waals surface area contributed by atoms with Crippen molar-refractivity contribution in [3.05, 3.63) is 31.6 Å². The number of ketones is 1. The zero-order valence-corrected chi connectivity index (χ0v) is 15.2. The minimum atomic E-state index is -5.08. The SMILES string of the molecule is Cn1c(Br)c2c3c1C(=O)C(N)=C(Br)C3=NCC2.O=C(O)C(F)(F)F. The maximum atomic E-state index is 12.2. The number of nitrogens with two attached hydrogens (primary N) is 1. The molecule has 0 fully saturated rings. The van der Waals surface area contributed by atoms with Crippen LogP contribution in [-0.4, -0.2) is 39.9 Å². The molecule has 1 aliphatic carbocycles. The number of carbonyl (C=O) groups is 2. The molecule has 0 unspecified atom stereocenters. The number of Topliss-reactive ketones (excluding diaryl/α,β-unsaturated/α-hetero) is 1. The molecule has 2 heterocycles. The van der Waals surface area contributed by atoms with Gasteiger partial charge in [0, 0.05) is 19.2 Å². The molecule has 2 aliphatic rings. The lowest BCUT2D eigenvalue weighted by Gasteiger charge is -2.20. The first-order chi connectivity index (χ1) is 11.0. The van der Waals surface area contributed by atoms with Crippen molar-refractivity contribution < 1.29 is 27.9 Å². The second kappa shape index (κ2) is 6.36. The second-order valence-electron chi connectivity index (χ2n) is 4.89. The Balaban J connectivity index is 0.000000256. The van der Waals surface area contributed by atoms with E-state index < -0.39 is 12.1 Å². The van der Waals surface area contributed by atoms with Crippen LogP contribution in [0.15, 0.2) is 19.8 Å². The van der Waals surface area contributed by atoms with Crippen molar-refractivity contribution in [1.82, 2.24) is 4.57 Å². The smallest absolute Gasteiger partial charge is 0.475 e. The van der Waals surface area contributed by atoms with Gasteiger partial charge in [0.25, 0.3) is 0 Å². The van der Waals surface area contributed by atoms with Crippen molar-refractivity contribution in [2.45, 2.75) is 12.6 Å². The summed E-state index contributed by atoms with van der Waals surface area (Å²) in [6.07, 6.45) is -4.24. The number of nitrogens with zero attached hydrogens (tertiary/aromatic N) is 2. The molecule has 24 heavy (non-hydrogen) atoms. The molecule has 3 N–H and O–H groups in total. The molecule has 1 aliphatic heterocycles. The third-order valence-electron chi connectivity index (χ3n) is 3.43. The number of halogens is 5. The number of hydrogen-bond acceptors (Lipinski definition) is 4. The summed E-state index contributed by atoms with van der Waals surface area (Å²) in [5, 5.41) is 7.12. The number of carboxylic acids is 1. The normalized spacial score (nSPS) is 16.2. The van der Waals surface area contributed by atoms with Crippen molar-refractivity contribution in [3.63, 3.8) is 0 Å². The standard InChI is InChI=1S/C11H9Br2N3O.C2HF3O2/c1-16-9-5-4(11(16)13)2-3-15-8(5)6(12)7(14)10(9)17;3-2(4,5)1(6)7/h2-3,14H2,1H3;(H,6,7). The van der Waals surface area contributed by atoms with Gasteiger partial charge >= 0.3 is 12.1 Å². The number of alkyl halides is 3. The first-order valence-electron chi connectivity index (χ1n) is 6.40. The minimum Gasteiger partial charge on any atom is -0.475 e. The van der Waals surface area contributed by atoms with Gasteiger partial charge in [0.05, 0.1) is 20.5 Å². The third-order valence-corrected chi connectivity index (χ3v) is 5.25. The second-order valence-corrected chi connectivity index (χ2v) is 6.44. The number of carbonyl (C=O) groups excluding carboxylic acids is 1. The van der Waals surface area contributed by atoms with Gasteiger partial charge in [-0.05, 0) is 43.8 Å². The van der Waals surface area contributed by atoms with Crippen LogP contribution in [0.2, 0.25) is 0 Å². The highest BCUT2D eigenvalue weighted by molar-refractivity contribution is 9.12. The van der Waals surface area contributed by atoms with Crippen LogP contribution in [0.5, 0.6) is 0 Å². The predicted octanol–water partition coefficient (Wildman–Crippen LogP) is 2.53. The largest absolute Gasteiger partial charge is 0.490 e. The topological polar surface area (TPSA) is 97.7 Å². The Morgan fingerprint density at radius 1 is 1.38 bits per heavy atom. The van der Waals surface area contributed by atoms with E-state index in [2.05, 4.69) is 36.9 Å². The summed E-state index contributed by atoms with van der Waals surface area (Å²) in [6, 6.07) is 0. The Kier molecular flexibility index (Phi) is 4.96. The highest BCUT2D eigenvalue weighted by Gasteiger charge is 2.38. The summed E-state index contributed by atoms with van der Waals surface area (Å²) < 4.78 is 35.1. The van der Waals surface area contributed by atoms with Gasteiger partial charge in [0.1, 0.15) is 5.69 Å². The van der Waals surface area contributed by atoms with E-state index in [0.29, 0.717) is 10.2 Å². The first kappa shape index (κ1) is 18.7. The van der Waals surface area contributed by atoms with Crippen LogP contribution in [0.3, 0.4) is 0 Å². The lowest BCUT2D eigenvalue weighted by Crippen LogP contribution is -2.28. The average Bonchev–Trinajstić information content (AvgIpc) is 2.76. The number of aliphatic imine (C=N–C) groups is 1. The molecule has 0 aromatic carbocycles. The minimum absolute atomic E-state index is 0.137. The Labute approximate surface area is 150 Å². The van der Waals surface area contributed by atoms with Gasteiger partial charge in [-0.3, -0.25) is 9.79 Å². The molecule has 130 valence electrons. The van der Waals surface area contributed by atoms with Crippen molar-refractivity contribution >= 4 is 49.3 Å². The van der Waals surface area contributed by atoms with Gasteiger partial charge in [-0.2, -0.15) is 13.2 Å². The number of carboxylic acid groups (broad SMARTS) is 1. The van der Waals surface area contributed by atoms with Crippen LogP contribution in [0.4, 0.5) is 13.2 Å². The fraction of sp³-hybridized carbons (Fsp3) is 0.308. The van der Waals surface area contributed by atoms with Crippen LogP contribution in [0, 0.1) is 0 Å². The van der Waals surface area contributed by atoms with E-state index >= 15 is 0 Å². The highest BCUT2D eigenvalue weighted by atomic mass is 79.9. The maximum absolute atomic E-state index is 12.2. The summed E-state index contributed by atoms with van der Waals surface area (Å²) >= 11 is 6.90. The molecule has 6 nitrogen and oxygen atoms in total. The van der Waals surface area contributed by atoms with Crippen molar-refractivity contribution in [1.29, 1.82) is 0 Å². The van der Waals surface area contributed by atoms with Gasteiger partial charge in [0.2, 0.25) is 5.78 Å². The predicted molar refractivity (Wildman–Crippen MR) is 86.4 cm³/mol. The summed E-state index contributed by atoms with van der Waals surface area (Å²) in [5.41, 5.74) is 9.57. The number of rotatable bonds is 0. The molecule has 11 heteroatoms. The Morgan fingerprint density at radius 2 is 1.92 bits per heavy atom. The summed E-state index contributed by atoms with van der Waals surface area (Å²) in [5.74, 6) is -2.89. The molecule has 0 spiro atoms. The van der Waals surface area contributed by atoms with Crippen molar-refractivity contribution in [3.8, 4) is 0 Å². The monoisotopic (exact) mass is 471 g/mol. The van der Waals surface area contributed by atoms with E-state index in [9.17, 15) is 18.0 Å². The quantitative estimate of drug-likeness (QED) is 0.606. The molecule has 0 saturated carbocycles. The molecular formula is C13H10Br2F3N3O3. The van der Waals surface area contributed by atoms with E-state index in [1.807, 2.05) is 11.6 Å². The molecule has 1 aromatic heterocycles. The summed E-state index contributed by atoms with van der Waals surface area (Å²) in [6.45, 7) is 0.723. The highest BCUT2D eigenvalue weighted by Crippen LogP contribution is 2.37. The zero-order valence-electron chi connectivity index (χ0n) is 12.0. The van der Waals surface area contributed by atoms with Gasteiger partial charge in [-0.25, -0.2) is 4.79 Å². The van der Waals surface area contributed by atoms with Gasteiger partial charge in [-0.15, -0.1) is 0 Å². The van der Waals surface area contributed by atoms with Crippen LogP contribution in [0.1, 0.15) is 21.6 Å². The van der Waals surface area contributed by atoms with E-state index in [4.69, 9.17) is 15.6 Å². The molecule has 0 radical (unpaired) electrons. The molecule has 3 rings (SSSR count). The van der Waals surface area contributed by atoms with Gasteiger partial charge < -0.3 is 15.4 Å². The third kappa shape index (κ3) is 3.02. The number of hydrogen-bond donors (Lipinski definition) is 2. The average molecular weight is 473 g/mol. The van der Waals surface area contributed by atoms with E-state index in [0.717, 1.165) is 34.4 Å². The van der Waals surface area contributed by atoms with Crippen LogP contribution in [0.25, 0.3) is 0 Å². The number of allylic oxidation sites excluding steroid dienone is 2. The summed E-state index contributed by atoms with van der Waals surface area (Å²) in [4.78, 5) is 25.6. The van der Waals surface area contributed by atoms with Crippen LogP contribution < -0.4 is 5.73 Å². The maximum Gasteiger partial charge on any atom is 0.490 e. The Hall–Kier alpha value is -1.62. The van der Waals surface area contributed by atoms with Crippen LogP contribution >= 0.6 is 31.9 Å². The van der Waals surface area contributed by atoms with Gasteiger partial charge in [0.15, 0.2) is 0 Å². The molecular weight excluding hydrogens is 463 g/mol.